The van der Waals surface area contributed by atoms with Gasteiger partial charge in [-0.15, -0.1) is 0 Å². The number of hydrogen-bond acceptors (Lipinski definition) is 4. The molecule has 0 radical (unpaired) electrons. The van der Waals surface area contributed by atoms with Gasteiger partial charge in [-0.2, -0.15) is 0 Å². The van der Waals surface area contributed by atoms with E-state index in [1.165, 1.54) is 19.3 Å². The fourth-order valence-electron chi connectivity index (χ4n) is 2.61. The number of aliphatic hydroxyl groups excluding tert-OH is 1. The summed E-state index contributed by atoms with van der Waals surface area (Å²) in [6.45, 7) is 3.92. The van der Waals surface area contributed by atoms with Gasteiger partial charge in [-0.3, -0.25) is 0 Å². The monoisotopic (exact) mass is 344 g/mol. The van der Waals surface area contributed by atoms with E-state index in [4.69, 9.17) is 0 Å². The SMILES string of the molecule is CCCCCCC(O)CCCCCCC(CC)S(=O)(=O)[O-].[Na+]. The third-order valence-corrected chi connectivity index (χ3v) is 5.45. The zero-order valence-electron chi connectivity index (χ0n) is 14.7. The van der Waals surface area contributed by atoms with Crippen molar-refractivity contribution in [2.75, 3.05) is 0 Å². The zero-order chi connectivity index (χ0) is 16.1. The average molecular weight is 344 g/mol. The predicted octanol–water partition coefficient (Wildman–Crippen LogP) is 0.986. The first kappa shape index (κ1) is 25.1. The molecule has 0 rings (SSSR count). The zero-order valence-corrected chi connectivity index (χ0v) is 17.5. The van der Waals surface area contributed by atoms with Gasteiger partial charge in [-0.1, -0.05) is 65.2 Å². The van der Waals surface area contributed by atoms with Crippen LogP contribution in [0.4, 0.5) is 0 Å². The first-order valence-corrected chi connectivity index (χ1v) is 10.0. The molecule has 0 saturated carbocycles. The van der Waals surface area contributed by atoms with Crippen LogP contribution in [0.15, 0.2) is 0 Å². The van der Waals surface area contributed by atoms with Crippen LogP contribution in [0.1, 0.15) is 90.9 Å². The molecule has 0 fully saturated rings. The Morgan fingerprint density at radius 1 is 0.864 bits per heavy atom. The second-order valence-electron chi connectivity index (χ2n) is 6.02. The molecule has 22 heavy (non-hydrogen) atoms. The van der Waals surface area contributed by atoms with Crippen LogP contribution in [0.2, 0.25) is 0 Å². The van der Waals surface area contributed by atoms with E-state index in [9.17, 15) is 18.1 Å². The van der Waals surface area contributed by atoms with Gasteiger partial charge < -0.3 is 9.66 Å². The molecule has 2 unspecified atom stereocenters. The van der Waals surface area contributed by atoms with Gasteiger partial charge in [-0.05, 0) is 25.7 Å². The summed E-state index contributed by atoms with van der Waals surface area (Å²) in [5.41, 5.74) is 0. The van der Waals surface area contributed by atoms with Crippen molar-refractivity contribution in [3.8, 4) is 0 Å². The van der Waals surface area contributed by atoms with Crippen LogP contribution in [0, 0.1) is 0 Å². The molecule has 0 aromatic heterocycles. The van der Waals surface area contributed by atoms with Crippen molar-refractivity contribution in [2.24, 2.45) is 0 Å². The summed E-state index contributed by atoms with van der Waals surface area (Å²) in [6.07, 6.45) is 10.9. The Hall–Kier alpha value is 0.870. The van der Waals surface area contributed by atoms with Crippen LogP contribution in [0.3, 0.4) is 0 Å². The van der Waals surface area contributed by atoms with Gasteiger partial charge in [0.2, 0.25) is 0 Å². The number of hydrogen-bond donors (Lipinski definition) is 1. The van der Waals surface area contributed by atoms with E-state index >= 15 is 0 Å². The van der Waals surface area contributed by atoms with E-state index in [2.05, 4.69) is 6.92 Å². The molecule has 0 spiro atoms. The molecule has 0 aliphatic heterocycles. The summed E-state index contributed by atoms with van der Waals surface area (Å²) in [5.74, 6) is 0. The maximum atomic E-state index is 10.9. The van der Waals surface area contributed by atoms with E-state index in [0.717, 1.165) is 44.9 Å². The van der Waals surface area contributed by atoms with Crippen molar-refractivity contribution in [1.82, 2.24) is 0 Å². The van der Waals surface area contributed by atoms with Crippen molar-refractivity contribution in [3.63, 3.8) is 0 Å². The molecule has 0 amide bonds. The van der Waals surface area contributed by atoms with Crippen LogP contribution in [-0.4, -0.2) is 29.4 Å². The third-order valence-electron chi connectivity index (χ3n) is 4.07. The molecule has 0 aromatic carbocycles. The molecular formula is C16H33NaO4S. The number of unbranched alkanes of at least 4 members (excludes halogenated alkanes) is 6. The van der Waals surface area contributed by atoms with Gasteiger partial charge in [-0.25, -0.2) is 8.42 Å². The molecule has 2 atom stereocenters. The minimum atomic E-state index is -4.13. The Morgan fingerprint density at radius 2 is 1.32 bits per heavy atom. The van der Waals surface area contributed by atoms with Crippen molar-refractivity contribution in [1.29, 1.82) is 0 Å². The molecule has 0 saturated heterocycles. The minimum Gasteiger partial charge on any atom is -0.748 e. The van der Waals surface area contributed by atoms with E-state index in [0.29, 0.717) is 12.8 Å². The van der Waals surface area contributed by atoms with Crippen LogP contribution in [0.5, 0.6) is 0 Å². The maximum Gasteiger partial charge on any atom is 1.00 e. The number of rotatable bonds is 14. The quantitative estimate of drug-likeness (QED) is 0.290. The standard InChI is InChI=1S/C16H34O4S.Na/c1-3-5-6-9-12-15(17)13-10-7-8-11-14-16(4-2)21(18,19)20;/h15-17H,3-14H2,1-2H3,(H,18,19,20);/q;+1/p-1. The molecule has 128 valence electrons. The predicted molar refractivity (Wildman–Crippen MR) is 86.2 cm³/mol. The molecular weight excluding hydrogens is 311 g/mol. The Labute approximate surface area is 159 Å². The van der Waals surface area contributed by atoms with Gasteiger partial charge in [0.25, 0.3) is 0 Å². The van der Waals surface area contributed by atoms with E-state index < -0.39 is 15.4 Å². The Balaban J connectivity index is 0. The normalized spacial score (nSPS) is 14.4. The van der Waals surface area contributed by atoms with Gasteiger partial charge in [0.1, 0.15) is 0 Å². The van der Waals surface area contributed by atoms with Crippen LogP contribution < -0.4 is 29.6 Å². The fraction of sp³-hybridized carbons (Fsp3) is 1.00. The van der Waals surface area contributed by atoms with Crippen molar-refractivity contribution >= 4 is 10.1 Å². The summed E-state index contributed by atoms with van der Waals surface area (Å²) < 4.78 is 32.8. The summed E-state index contributed by atoms with van der Waals surface area (Å²) in [7, 11) is -4.13. The summed E-state index contributed by atoms with van der Waals surface area (Å²) in [5, 5.41) is 9.10. The molecule has 4 nitrogen and oxygen atoms in total. The van der Waals surface area contributed by atoms with Crippen LogP contribution >= 0.6 is 0 Å². The van der Waals surface area contributed by atoms with E-state index in [1.807, 2.05) is 0 Å². The molecule has 0 aromatic rings. The van der Waals surface area contributed by atoms with Gasteiger partial charge in [0.15, 0.2) is 0 Å². The van der Waals surface area contributed by atoms with Crippen molar-refractivity contribution in [3.05, 3.63) is 0 Å². The maximum absolute atomic E-state index is 10.9. The second kappa shape index (κ2) is 15.4. The average Bonchev–Trinajstić information content (AvgIpc) is 2.41. The number of aliphatic hydroxyl groups is 1. The Bertz CT molecular complexity index is 333. The first-order valence-electron chi connectivity index (χ1n) is 8.54. The summed E-state index contributed by atoms with van der Waals surface area (Å²) in [6, 6.07) is 0. The third kappa shape index (κ3) is 14.5. The van der Waals surface area contributed by atoms with E-state index in [1.54, 1.807) is 6.92 Å². The minimum absolute atomic E-state index is 0. The van der Waals surface area contributed by atoms with Crippen molar-refractivity contribution in [2.45, 2.75) is 102 Å². The summed E-state index contributed by atoms with van der Waals surface area (Å²) in [4.78, 5) is 0. The van der Waals surface area contributed by atoms with Gasteiger partial charge in [0, 0.05) is 5.25 Å². The van der Waals surface area contributed by atoms with Crippen molar-refractivity contribution < 1.29 is 47.6 Å². The van der Waals surface area contributed by atoms with Crippen LogP contribution in [-0.2, 0) is 10.1 Å². The topological polar surface area (TPSA) is 77.4 Å². The first-order chi connectivity index (χ1) is 9.91. The second-order valence-corrected chi connectivity index (χ2v) is 7.67. The largest absolute Gasteiger partial charge is 1.00 e. The Morgan fingerprint density at radius 3 is 1.73 bits per heavy atom. The molecule has 1 N–H and O–H groups in total. The van der Waals surface area contributed by atoms with Gasteiger partial charge >= 0.3 is 29.6 Å². The molecule has 0 bridgehead atoms. The van der Waals surface area contributed by atoms with E-state index in [-0.39, 0.29) is 35.7 Å². The van der Waals surface area contributed by atoms with Crippen LogP contribution in [0.25, 0.3) is 0 Å². The smallest absolute Gasteiger partial charge is 0.748 e. The molecule has 0 aliphatic rings. The molecule has 0 heterocycles. The molecule has 6 heteroatoms. The molecule has 0 aliphatic carbocycles. The fourth-order valence-corrected chi connectivity index (χ4v) is 3.47. The van der Waals surface area contributed by atoms with Gasteiger partial charge in [0.05, 0.1) is 16.2 Å². The summed E-state index contributed by atoms with van der Waals surface area (Å²) >= 11 is 0. The Kier molecular flexibility index (Phi) is 17.6.